The summed E-state index contributed by atoms with van der Waals surface area (Å²) >= 11 is 9.53. The number of nitrogens with zero attached hydrogens (tertiary/aromatic N) is 2. The Morgan fingerprint density at radius 1 is 1.40 bits per heavy atom. The standard InChI is InChI=1S/C14H18ClN3S2/c1-8(2)6-13-17-18-14(20-13)16-10-4-3-5-11-9(10)7-12(15)19-11/h7-8,10H,3-6H2,1-2H3,(H,16,18). The van der Waals surface area contributed by atoms with Crippen molar-refractivity contribution in [2.24, 2.45) is 5.92 Å². The van der Waals surface area contributed by atoms with Crippen molar-refractivity contribution in [3.8, 4) is 0 Å². The fraction of sp³-hybridized carbons (Fsp3) is 0.571. The number of hydrogen-bond donors (Lipinski definition) is 1. The first-order valence-corrected chi connectivity index (χ1v) is 9.00. The van der Waals surface area contributed by atoms with Crippen LogP contribution in [-0.2, 0) is 12.8 Å². The summed E-state index contributed by atoms with van der Waals surface area (Å²) in [6.07, 6.45) is 4.50. The molecule has 1 unspecified atom stereocenters. The fourth-order valence-corrected chi connectivity index (χ4v) is 4.95. The Morgan fingerprint density at radius 3 is 3.05 bits per heavy atom. The summed E-state index contributed by atoms with van der Waals surface area (Å²) in [5.74, 6) is 0.618. The van der Waals surface area contributed by atoms with Crippen LogP contribution < -0.4 is 5.32 Å². The zero-order valence-electron chi connectivity index (χ0n) is 11.6. The van der Waals surface area contributed by atoms with E-state index < -0.39 is 0 Å². The smallest absolute Gasteiger partial charge is 0.206 e. The second kappa shape index (κ2) is 6.00. The van der Waals surface area contributed by atoms with E-state index in [0.717, 1.165) is 33.7 Å². The van der Waals surface area contributed by atoms with Gasteiger partial charge in [0.05, 0.1) is 10.4 Å². The Kier molecular flexibility index (Phi) is 4.29. The normalized spacial score (nSPS) is 18.3. The maximum atomic E-state index is 6.15. The summed E-state index contributed by atoms with van der Waals surface area (Å²) in [6.45, 7) is 4.41. The Balaban J connectivity index is 1.73. The molecule has 0 amide bonds. The second-order valence-electron chi connectivity index (χ2n) is 5.62. The molecule has 108 valence electrons. The van der Waals surface area contributed by atoms with E-state index >= 15 is 0 Å². The molecule has 2 heterocycles. The van der Waals surface area contributed by atoms with Crippen molar-refractivity contribution in [3.63, 3.8) is 0 Å². The Labute approximate surface area is 132 Å². The third-order valence-corrected chi connectivity index (χ3v) is 5.65. The number of aromatic nitrogens is 2. The first kappa shape index (κ1) is 14.3. The number of rotatable bonds is 4. The molecule has 3 nitrogen and oxygen atoms in total. The highest BCUT2D eigenvalue weighted by atomic mass is 35.5. The van der Waals surface area contributed by atoms with Gasteiger partial charge in [0.1, 0.15) is 5.01 Å². The highest BCUT2D eigenvalue weighted by Crippen LogP contribution is 2.39. The molecule has 0 radical (unpaired) electrons. The number of hydrogen-bond acceptors (Lipinski definition) is 5. The van der Waals surface area contributed by atoms with Gasteiger partial charge in [-0.25, -0.2) is 0 Å². The molecule has 0 saturated carbocycles. The van der Waals surface area contributed by atoms with E-state index in [1.165, 1.54) is 16.9 Å². The van der Waals surface area contributed by atoms with E-state index in [4.69, 9.17) is 11.6 Å². The number of fused-ring (bicyclic) bond motifs is 1. The van der Waals surface area contributed by atoms with Gasteiger partial charge in [0.15, 0.2) is 0 Å². The quantitative estimate of drug-likeness (QED) is 0.864. The van der Waals surface area contributed by atoms with Crippen molar-refractivity contribution in [2.75, 3.05) is 5.32 Å². The van der Waals surface area contributed by atoms with E-state index in [-0.39, 0.29) is 0 Å². The van der Waals surface area contributed by atoms with Gasteiger partial charge >= 0.3 is 0 Å². The largest absolute Gasteiger partial charge is 0.353 e. The number of aryl methyl sites for hydroxylation is 1. The summed E-state index contributed by atoms with van der Waals surface area (Å²) in [4.78, 5) is 1.42. The van der Waals surface area contributed by atoms with Gasteiger partial charge in [-0.1, -0.05) is 36.8 Å². The van der Waals surface area contributed by atoms with Gasteiger partial charge in [-0.2, -0.15) is 0 Å². The van der Waals surface area contributed by atoms with Gasteiger partial charge in [0.25, 0.3) is 0 Å². The molecular weight excluding hydrogens is 310 g/mol. The van der Waals surface area contributed by atoms with Crippen molar-refractivity contribution in [2.45, 2.75) is 45.6 Å². The Bertz CT molecular complexity index is 591. The van der Waals surface area contributed by atoms with Gasteiger partial charge < -0.3 is 5.32 Å². The van der Waals surface area contributed by atoms with Crippen LogP contribution in [-0.4, -0.2) is 10.2 Å². The molecule has 1 N–H and O–H groups in total. The van der Waals surface area contributed by atoms with E-state index in [2.05, 4.69) is 35.4 Å². The molecule has 1 aliphatic rings. The average Bonchev–Trinajstić information content (AvgIpc) is 2.95. The molecule has 0 fully saturated rings. The lowest BCUT2D eigenvalue weighted by Crippen LogP contribution is -2.15. The van der Waals surface area contributed by atoms with E-state index in [0.29, 0.717) is 12.0 Å². The first-order chi connectivity index (χ1) is 9.61. The number of nitrogens with one attached hydrogen (secondary N) is 1. The molecule has 0 saturated heterocycles. The van der Waals surface area contributed by atoms with Gasteiger partial charge in [-0.3, -0.25) is 0 Å². The van der Waals surface area contributed by atoms with Crippen LogP contribution in [0.2, 0.25) is 4.34 Å². The topological polar surface area (TPSA) is 37.8 Å². The fourth-order valence-electron chi connectivity index (χ4n) is 2.56. The first-order valence-electron chi connectivity index (χ1n) is 6.99. The van der Waals surface area contributed by atoms with E-state index in [1.807, 2.05) is 0 Å². The summed E-state index contributed by atoms with van der Waals surface area (Å²) in [7, 11) is 0. The summed E-state index contributed by atoms with van der Waals surface area (Å²) in [5.41, 5.74) is 1.35. The third-order valence-electron chi connectivity index (χ3n) is 3.43. The van der Waals surface area contributed by atoms with Gasteiger partial charge in [-0.05, 0) is 36.8 Å². The zero-order chi connectivity index (χ0) is 14.1. The predicted molar refractivity (Wildman–Crippen MR) is 87.1 cm³/mol. The molecule has 2 aromatic heterocycles. The molecule has 0 bridgehead atoms. The minimum Gasteiger partial charge on any atom is -0.353 e. The highest BCUT2D eigenvalue weighted by Gasteiger charge is 2.23. The van der Waals surface area contributed by atoms with Crippen LogP contribution in [0.1, 0.15) is 48.2 Å². The van der Waals surface area contributed by atoms with Crippen LogP contribution in [0.5, 0.6) is 0 Å². The maximum absolute atomic E-state index is 6.15. The van der Waals surface area contributed by atoms with Crippen molar-refractivity contribution < 1.29 is 0 Å². The third kappa shape index (κ3) is 3.15. The van der Waals surface area contributed by atoms with Crippen LogP contribution in [0.15, 0.2) is 6.07 Å². The van der Waals surface area contributed by atoms with Gasteiger partial charge in [-0.15, -0.1) is 21.5 Å². The Hall–Kier alpha value is -0.650. The number of thiophene rings is 1. The van der Waals surface area contributed by atoms with Gasteiger partial charge in [0.2, 0.25) is 5.13 Å². The summed E-state index contributed by atoms with van der Waals surface area (Å²) in [6, 6.07) is 2.44. The maximum Gasteiger partial charge on any atom is 0.206 e. The van der Waals surface area contributed by atoms with Crippen LogP contribution in [0, 0.1) is 5.92 Å². The van der Waals surface area contributed by atoms with E-state index in [1.54, 1.807) is 22.7 Å². The molecule has 2 aromatic rings. The lowest BCUT2D eigenvalue weighted by atomic mass is 9.94. The number of halogens is 1. The van der Waals surface area contributed by atoms with Crippen molar-refractivity contribution in [1.29, 1.82) is 0 Å². The van der Waals surface area contributed by atoms with Crippen LogP contribution in [0.4, 0.5) is 5.13 Å². The zero-order valence-corrected chi connectivity index (χ0v) is 14.0. The molecule has 20 heavy (non-hydrogen) atoms. The minimum absolute atomic E-state index is 0.336. The molecule has 0 spiro atoms. The van der Waals surface area contributed by atoms with Crippen LogP contribution in [0.25, 0.3) is 0 Å². The molecule has 6 heteroatoms. The lowest BCUT2D eigenvalue weighted by molar-refractivity contribution is 0.607. The predicted octanol–water partition coefficient (Wildman–Crippen LogP) is 4.94. The molecule has 1 atom stereocenters. The molecular formula is C14H18ClN3S2. The van der Waals surface area contributed by atoms with Crippen LogP contribution >= 0.6 is 34.3 Å². The molecule has 0 aliphatic heterocycles. The van der Waals surface area contributed by atoms with Crippen LogP contribution in [0.3, 0.4) is 0 Å². The van der Waals surface area contributed by atoms with Crippen molar-refractivity contribution in [3.05, 3.63) is 25.9 Å². The lowest BCUT2D eigenvalue weighted by Gasteiger charge is -2.22. The highest BCUT2D eigenvalue weighted by molar-refractivity contribution is 7.16. The monoisotopic (exact) mass is 327 g/mol. The van der Waals surface area contributed by atoms with E-state index in [9.17, 15) is 0 Å². The Morgan fingerprint density at radius 2 is 2.25 bits per heavy atom. The van der Waals surface area contributed by atoms with Gasteiger partial charge in [0, 0.05) is 11.3 Å². The molecule has 1 aliphatic carbocycles. The van der Waals surface area contributed by atoms with Crippen molar-refractivity contribution >= 4 is 39.4 Å². The SMILES string of the molecule is CC(C)Cc1nnc(NC2CCCc3sc(Cl)cc32)s1. The molecule has 3 rings (SSSR count). The van der Waals surface area contributed by atoms with Crippen molar-refractivity contribution in [1.82, 2.24) is 10.2 Å². The molecule has 0 aromatic carbocycles. The summed E-state index contributed by atoms with van der Waals surface area (Å²) in [5, 5.41) is 14.1. The number of anilines is 1. The average molecular weight is 328 g/mol. The second-order valence-corrected chi connectivity index (χ2v) is 8.45. The summed E-state index contributed by atoms with van der Waals surface area (Å²) < 4.78 is 0.890. The minimum atomic E-state index is 0.336.